The molecule has 0 aromatic heterocycles. The van der Waals surface area contributed by atoms with Crippen molar-refractivity contribution >= 4 is 31.2 Å². The standard InChI is InChI=1S/C12H18N2O4S2/c1-9-8-10(13)2-3-12(9)14-20(17,18)11-4-6-19(15,16)7-5-11/h2-3,8,11,14H,4-7,13H2,1H3. The zero-order chi connectivity index (χ0) is 15.0. The molecule has 20 heavy (non-hydrogen) atoms. The van der Waals surface area contributed by atoms with E-state index in [1.807, 2.05) is 0 Å². The molecule has 0 atom stereocenters. The van der Waals surface area contributed by atoms with Crippen molar-refractivity contribution in [2.45, 2.75) is 25.0 Å². The Morgan fingerprint density at radius 2 is 1.85 bits per heavy atom. The van der Waals surface area contributed by atoms with Crippen LogP contribution in [0.3, 0.4) is 0 Å². The molecule has 1 heterocycles. The minimum absolute atomic E-state index is 0.0701. The van der Waals surface area contributed by atoms with Crippen molar-refractivity contribution in [1.82, 2.24) is 0 Å². The Hall–Kier alpha value is -1.28. The smallest absolute Gasteiger partial charge is 0.235 e. The molecule has 0 amide bonds. The third kappa shape index (κ3) is 3.43. The fourth-order valence-corrected chi connectivity index (χ4v) is 5.57. The first-order valence-corrected chi connectivity index (χ1v) is 9.64. The van der Waals surface area contributed by atoms with Gasteiger partial charge in [-0.15, -0.1) is 0 Å². The molecule has 6 nitrogen and oxygen atoms in total. The maximum Gasteiger partial charge on any atom is 0.235 e. The second-order valence-electron chi connectivity index (χ2n) is 5.07. The van der Waals surface area contributed by atoms with E-state index >= 15 is 0 Å². The predicted octanol–water partition coefficient (Wildman–Crippen LogP) is 0.896. The highest BCUT2D eigenvalue weighted by Crippen LogP contribution is 2.24. The number of rotatable bonds is 3. The second kappa shape index (κ2) is 5.25. The van der Waals surface area contributed by atoms with Gasteiger partial charge in [0, 0.05) is 5.69 Å². The van der Waals surface area contributed by atoms with Crippen LogP contribution in [0.2, 0.25) is 0 Å². The lowest BCUT2D eigenvalue weighted by Gasteiger charge is -2.23. The van der Waals surface area contributed by atoms with E-state index in [1.165, 1.54) is 0 Å². The Balaban J connectivity index is 2.16. The Morgan fingerprint density at radius 3 is 2.40 bits per heavy atom. The van der Waals surface area contributed by atoms with Gasteiger partial charge in [-0.3, -0.25) is 4.72 Å². The van der Waals surface area contributed by atoms with Crippen LogP contribution in [0.15, 0.2) is 18.2 Å². The maximum absolute atomic E-state index is 12.3. The van der Waals surface area contributed by atoms with E-state index in [2.05, 4.69) is 4.72 Å². The zero-order valence-electron chi connectivity index (χ0n) is 11.2. The molecular formula is C12H18N2O4S2. The average Bonchev–Trinajstić information content (AvgIpc) is 2.32. The number of nitrogens with two attached hydrogens (primary N) is 1. The highest BCUT2D eigenvalue weighted by molar-refractivity contribution is 7.94. The molecule has 1 aromatic rings. The molecule has 8 heteroatoms. The van der Waals surface area contributed by atoms with Gasteiger partial charge < -0.3 is 5.73 Å². The highest BCUT2D eigenvalue weighted by Gasteiger charge is 2.32. The van der Waals surface area contributed by atoms with Gasteiger partial charge in [-0.05, 0) is 43.5 Å². The van der Waals surface area contributed by atoms with E-state index in [1.54, 1.807) is 25.1 Å². The highest BCUT2D eigenvalue weighted by atomic mass is 32.2. The fourth-order valence-electron chi connectivity index (χ4n) is 2.22. The summed E-state index contributed by atoms with van der Waals surface area (Å²) in [6.45, 7) is 1.76. The topological polar surface area (TPSA) is 106 Å². The van der Waals surface area contributed by atoms with Gasteiger partial charge in [0.05, 0.1) is 22.4 Å². The van der Waals surface area contributed by atoms with Crippen molar-refractivity contribution in [2.75, 3.05) is 22.0 Å². The van der Waals surface area contributed by atoms with E-state index in [0.717, 1.165) is 5.56 Å². The maximum atomic E-state index is 12.3. The normalized spacial score (nSPS) is 19.6. The number of nitrogens with one attached hydrogen (secondary N) is 1. The molecule has 2 rings (SSSR count). The van der Waals surface area contributed by atoms with Crippen LogP contribution in [0.1, 0.15) is 18.4 Å². The van der Waals surface area contributed by atoms with Gasteiger partial charge in [0.25, 0.3) is 0 Å². The predicted molar refractivity (Wildman–Crippen MR) is 79.8 cm³/mol. The van der Waals surface area contributed by atoms with Crippen LogP contribution in [-0.4, -0.2) is 33.6 Å². The number of hydrogen-bond acceptors (Lipinski definition) is 5. The Kier molecular flexibility index (Phi) is 3.97. The van der Waals surface area contributed by atoms with Crippen molar-refractivity contribution in [3.05, 3.63) is 23.8 Å². The molecule has 1 aromatic carbocycles. The molecule has 1 aliphatic heterocycles. The molecule has 1 aliphatic rings. The van der Waals surface area contributed by atoms with Gasteiger partial charge in [0.1, 0.15) is 9.84 Å². The van der Waals surface area contributed by atoms with E-state index in [0.29, 0.717) is 11.4 Å². The van der Waals surface area contributed by atoms with E-state index in [4.69, 9.17) is 5.73 Å². The molecule has 0 saturated carbocycles. The molecule has 0 unspecified atom stereocenters. The molecule has 0 spiro atoms. The molecule has 1 saturated heterocycles. The van der Waals surface area contributed by atoms with Crippen LogP contribution in [0.4, 0.5) is 11.4 Å². The first-order valence-electron chi connectivity index (χ1n) is 6.28. The SMILES string of the molecule is Cc1cc(N)ccc1NS(=O)(=O)C1CCS(=O)(=O)CC1. The van der Waals surface area contributed by atoms with Gasteiger partial charge >= 0.3 is 0 Å². The van der Waals surface area contributed by atoms with Gasteiger partial charge in [0.2, 0.25) is 10.0 Å². The summed E-state index contributed by atoms with van der Waals surface area (Å²) in [4.78, 5) is 0. The summed E-state index contributed by atoms with van der Waals surface area (Å²) in [5.74, 6) is -0.140. The van der Waals surface area contributed by atoms with Crippen LogP contribution in [0, 0.1) is 6.92 Å². The van der Waals surface area contributed by atoms with Crippen LogP contribution in [0.5, 0.6) is 0 Å². The van der Waals surface area contributed by atoms with Crippen molar-refractivity contribution in [3.63, 3.8) is 0 Å². The summed E-state index contributed by atoms with van der Waals surface area (Å²) in [5.41, 5.74) is 7.40. The Bertz CT molecular complexity index is 697. The van der Waals surface area contributed by atoms with Gasteiger partial charge in [-0.1, -0.05) is 0 Å². The van der Waals surface area contributed by atoms with Gasteiger partial charge in [-0.25, -0.2) is 16.8 Å². The third-order valence-electron chi connectivity index (χ3n) is 3.44. The van der Waals surface area contributed by atoms with Crippen LogP contribution >= 0.6 is 0 Å². The van der Waals surface area contributed by atoms with Crippen molar-refractivity contribution in [3.8, 4) is 0 Å². The lowest BCUT2D eigenvalue weighted by molar-refractivity contribution is 0.555. The number of nitrogen functional groups attached to an aromatic ring is 1. The summed E-state index contributed by atoms with van der Waals surface area (Å²) in [6, 6.07) is 4.92. The number of aryl methyl sites for hydroxylation is 1. The molecule has 0 radical (unpaired) electrons. The first-order chi connectivity index (χ1) is 9.20. The Labute approximate surface area is 119 Å². The molecule has 1 fully saturated rings. The third-order valence-corrected chi connectivity index (χ3v) is 7.01. The van der Waals surface area contributed by atoms with Crippen molar-refractivity contribution < 1.29 is 16.8 Å². The number of anilines is 2. The molecule has 0 aliphatic carbocycles. The fraction of sp³-hybridized carbons (Fsp3) is 0.500. The monoisotopic (exact) mass is 318 g/mol. The van der Waals surface area contributed by atoms with Gasteiger partial charge in [0.15, 0.2) is 0 Å². The lowest BCUT2D eigenvalue weighted by Crippen LogP contribution is -2.36. The Morgan fingerprint density at radius 1 is 1.25 bits per heavy atom. The van der Waals surface area contributed by atoms with E-state index < -0.39 is 25.1 Å². The largest absolute Gasteiger partial charge is 0.399 e. The second-order valence-corrected chi connectivity index (χ2v) is 9.34. The average molecular weight is 318 g/mol. The van der Waals surface area contributed by atoms with E-state index in [-0.39, 0.29) is 24.3 Å². The van der Waals surface area contributed by atoms with Crippen LogP contribution in [-0.2, 0) is 19.9 Å². The molecular weight excluding hydrogens is 300 g/mol. The molecule has 3 N–H and O–H groups in total. The number of benzene rings is 1. The summed E-state index contributed by atoms with van der Waals surface area (Å²) in [5, 5.41) is -0.664. The number of sulfone groups is 1. The minimum atomic E-state index is -3.58. The van der Waals surface area contributed by atoms with Crippen molar-refractivity contribution in [2.24, 2.45) is 0 Å². The van der Waals surface area contributed by atoms with E-state index in [9.17, 15) is 16.8 Å². The summed E-state index contributed by atoms with van der Waals surface area (Å²) < 4.78 is 49.8. The lowest BCUT2D eigenvalue weighted by atomic mass is 10.2. The zero-order valence-corrected chi connectivity index (χ0v) is 12.8. The first kappa shape index (κ1) is 15.1. The summed E-state index contributed by atoms with van der Waals surface area (Å²) in [7, 11) is -6.65. The van der Waals surface area contributed by atoms with Crippen LogP contribution in [0.25, 0.3) is 0 Å². The minimum Gasteiger partial charge on any atom is -0.399 e. The van der Waals surface area contributed by atoms with Gasteiger partial charge in [-0.2, -0.15) is 0 Å². The number of hydrogen-bond donors (Lipinski definition) is 2. The van der Waals surface area contributed by atoms with Crippen LogP contribution < -0.4 is 10.5 Å². The molecule has 112 valence electrons. The summed E-state index contributed by atoms with van der Waals surface area (Å²) >= 11 is 0. The summed E-state index contributed by atoms with van der Waals surface area (Å²) in [6.07, 6.45) is 0.289. The number of sulfonamides is 1. The van der Waals surface area contributed by atoms with Crippen molar-refractivity contribution in [1.29, 1.82) is 0 Å². The molecule has 0 bridgehead atoms. The quantitative estimate of drug-likeness (QED) is 0.805.